The lowest BCUT2D eigenvalue weighted by Gasteiger charge is -2.22. The maximum absolute atomic E-state index is 13.3. The second-order valence-electron chi connectivity index (χ2n) is 7.34. The molecule has 0 aliphatic heterocycles. The highest BCUT2D eigenvalue weighted by Crippen LogP contribution is 2.28. The molecule has 26 heavy (non-hydrogen) atoms. The largest absolute Gasteiger partial charge is 0.342 e. The molecule has 2 aromatic rings. The van der Waals surface area contributed by atoms with E-state index in [0.29, 0.717) is 6.42 Å². The lowest BCUT2D eigenvalue weighted by atomic mass is 9.86. The van der Waals surface area contributed by atoms with E-state index in [1.807, 2.05) is 17.8 Å². The number of hydrogen-bond acceptors (Lipinski definition) is 2. The summed E-state index contributed by atoms with van der Waals surface area (Å²) in [5.74, 6) is 1.28. The van der Waals surface area contributed by atoms with E-state index in [-0.39, 0.29) is 17.8 Å². The quantitative estimate of drug-likeness (QED) is 0.792. The van der Waals surface area contributed by atoms with Crippen molar-refractivity contribution in [2.75, 3.05) is 0 Å². The Morgan fingerprint density at radius 2 is 2.00 bits per heavy atom. The van der Waals surface area contributed by atoms with Crippen LogP contribution in [0.1, 0.15) is 68.8 Å². The number of aromatic nitrogens is 2. The van der Waals surface area contributed by atoms with E-state index in [1.165, 1.54) is 44.2 Å². The average Bonchev–Trinajstić information content (AvgIpc) is 3.07. The lowest BCUT2D eigenvalue weighted by Crippen LogP contribution is -2.31. The van der Waals surface area contributed by atoms with Gasteiger partial charge in [-0.1, -0.05) is 44.2 Å². The van der Waals surface area contributed by atoms with Crippen LogP contribution in [-0.2, 0) is 11.8 Å². The van der Waals surface area contributed by atoms with Gasteiger partial charge in [0.2, 0.25) is 5.91 Å². The van der Waals surface area contributed by atoms with Crippen LogP contribution in [0.5, 0.6) is 0 Å². The van der Waals surface area contributed by atoms with E-state index in [4.69, 9.17) is 0 Å². The molecule has 1 aliphatic carbocycles. The van der Waals surface area contributed by atoms with Gasteiger partial charge in [0.05, 0.1) is 0 Å². The molecule has 5 heteroatoms. The molecule has 140 valence electrons. The van der Waals surface area contributed by atoms with Crippen molar-refractivity contribution >= 4 is 5.91 Å². The van der Waals surface area contributed by atoms with E-state index >= 15 is 0 Å². The van der Waals surface area contributed by atoms with Gasteiger partial charge in [-0.25, -0.2) is 9.37 Å². The molecule has 1 aromatic carbocycles. The molecular weight excluding hydrogens is 329 g/mol. The summed E-state index contributed by atoms with van der Waals surface area (Å²) >= 11 is 0. The fourth-order valence-corrected chi connectivity index (χ4v) is 3.87. The van der Waals surface area contributed by atoms with Gasteiger partial charge >= 0.3 is 0 Å². The average molecular weight is 357 g/mol. The first-order chi connectivity index (χ1) is 12.6. The molecule has 1 fully saturated rings. The van der Waals surface area contributed by atoms with Crippen molar-refractivity contribution in [3.63, 3.8) is 0 Å². The molecule has 0 spiro atoms. The number of imidazole rings is 1. The zero-order valence-corrected chi connectivity index (χ0v) is 15.5. The number of rotatable bonds is 7. The van der Waals surface area contributed by atoms with Gasteiger partial charge in [-0.2, -0.15) is 0 Å². The minimum Gasteiger partial charge on any atom is -0.342 e. The molecule has 1 heterocycles. The van der Waals surface area contributed by atoms with Crippen LogP contribution in [0.2, 0.25) is 0 Å². The summed E-state index contributed by atoms with van der Waals surface area (Å²) in [5.41, 5.74) is 0.835. The van der Waals surface area contributed by atoms with Crippen molar-refractivity contribution in [2.24, 2.45) is 13.0 Å². The summed E-state index contributed by atoms with van der Waals surface area (Å²) in [6.07, 6.45) is 12.8. The Morgan fingerprint density at radius 3 is 2.65 bits per heavy atom. The molecule has 0 saturated heterocycles. The fraction of sp³-hybridized carbons (Fsp3) is 0.524. The highest BCUT2D eigenvalue weighted by atomic mass is 19.1. The highest BCUT2D eigenvalue weighted by Gasteiger charge is 2.21. The Morgan fingerprint density at radius 1 is 1.27 bits per heavy atom. The number of nitrogens with zero attached hydrogens (tertiary/aromatic N) is 2. The van der Waals surface area contributed by atoms with Crippen LogP contribution < -0.4 is 5.32 Å². The molecule has 0 radical (unpaired) electrons. The first kappa shape index (κ1) is 18.6. The van der Waals surface area contributed by atoms with Gasteiger partial charge in [-0.3, -0.25) is 4.79 Å². The summed E-state index contributed by atoms with van der Waals surface area (Å²) in [4.78, 5) is 16.9. The molecule has 1 aromatic heterocycles. The maximum Gasteiger partial charge on any atom is 0.220 e. The van der Waals surface area contributed by atoms with Gasteiger partial charge in [0.1, 0.15) is 17.7 Å². The summed E-state index contributed by atoms with van der Waals surface area (Å²) in [7, 11) is 1.90. The first-order valence-corrected chi connectivity index (χ1v) is 9.65. The highest BCUT2D eigenvalue weighted by molar-refractivity contribution is 5.76. The third-order valence-electron chi connectivity index (χ3n) is 5.37. The smallest absolute Gasteiger partial charge is 0.220 e. The van der Waals surface area contributed by atoms with Gasteiger partial charge in [0, 0.05) is 25.9 Å². The van der Waals surface area contributed by atoms with E-state index in [2.05, 4.69) is 10.3 Å². The number of benzene rings is 1. The van der Waals surface area contributed by atoms with E-state index in [9.17, 15) is 9.18 Å². The number of nitrogens with one attached hydrogen (secondary N) is 1. The molecule has 1 atom stereocenters. The molecule has 1 N–H and O–H groups in total. The van der Waals surface area contributed by atoms with Crippen LogP contribution in [0.25, 0.3) is 0 Å². The second kappa shape index (κ2) is 8.97. The van der Waals surface area contributed by atoms with Gasteiger partial charge in [0.25, 0.3) is 0 Å². The van der Waals surface area contributed by atoms with Gasteiger partial charge < -0.3 is 9.88 Å². The molecular formula is C21H28FN3O. The zero-order valence-electron chi connectivity index (χ0n) is 15.5. The molecule has 3 rings (SSSR count). The standard InChI is InChI=1S/C21H28FN3O/c1-25-15-14-23-21(25)20(17-10-12-18(22)13-11-17)24-19(26)9-5-8-16-6-3-2-4-7-16/h10-16,20H,2-9H2,1H3,(H,24,26). The minimum absolute atomic E-state index is 0.0261. The Kier molecular flexibility index (Phi) is 6.42. The molecule has 4 nitrogen and oxygen atoms in total. The first-order valence-electron chi connectivity index (χ1n) is 9.65. The SMILES string of the molecule is Cn1ccnc1C(NC(=O)CCCC1CCCCC1)c1ccc(F)cc1. The fourth-order valence-electron chi connectivity index (χ4n) is 3.87. The van der Waals surface area contributed by atoms with Gasteiger partial charge in [0.15, 0.2) is 0 Å². The van der Waals surface area contributed by atoms with Gasteiger partial charge in [-0.15, -0.1) is 0 Å². The lowest BCUT2D eigenvalue weighted by molar-refractivity contribution is -0.121. The number of carbonyl (C=O) groups excluding carboxylic acids is 1. The monoisotopic (exact) mass is 357 g/mol. The number of amides is 1. The van der Waals surface area contributed by atoms with Crippen LogP contribution in [0.4, 0.5) is 4.39 Å². The maximum atomic E-state index is 13.3. The summed E-state index contributed by atoms with van der Waals surface area (Å²) < 4.78 is 15.2. The predicted octanol–water partition coefficient (Wildman–Crippen LogP) is 4.52. The van der Waals surface area contributed by atoms with E-state index in [1.54, 1.807) is 18.3 Å². The number of halogens is 1. The summed E-state index contributed by atoms with van der Waals surface area (Å²) in [5, 5.41) is 3.09. The molecule has 1 unspecified atom stereocenters. The summed E-state index contributed by atoms with van der Waals surface area (Å²) in [6, 6.07) is 5.88. The minimum atomic E-state index is -0.363. The van der Waals surface area contributed by atoms with Gasteiger partial charge in [-0.05, 0) is 36.5 Å². The molecule has 0 bridgehead atoms. The Balaban J connectivity index is 1.61. The summed E-state index contributed by atoms with van der Waals surface area (Å²) in [6.45, 7) is 0. The van der Waals surface area contributed by atoms with Crippen molar-refractivity contribution in [1.82, 2.24) is 14.9 Å². The zero-order chi connectivity index (χ0) is 18.4. The van der Waals surface area contributed by atoms with Crippen molar-refractivity contribution in [2.45, 2.75) is 57.4 Å². The third-order valence-corrected chi connectivity index (χ3v) is 5.37. The van der Waals surface area contributed by atoms with Crippen molar-refractivity contribution in [3.8, 4) is 0 Å². The number of aryl methyl sites for hydroxylation is 1. The van der Waals surface area contributed by atoms with Crippen LogP contribution in [0, 0.1) is 11.7 Å². The Labute approximate surface area is 154 Å². The van der Waals surface area contributed by atoms with Crippen LogP contribution in [0.3, 0.4) is 0 Å². The topological polar surface area (TPSA) is 46.9 Å². The van der Waals surface area contributed by atoms with E-state index in [0.717, 1.165) is 30.1 Å². The van der Waals surface area contributed by atoms with Crippen LogP contribution >= 0.6 is 0 Å². The Hall–Kier alpha value is -2.17. The number of hydrogen-bond donors (Lipinski definition) is 1. The number of carbonyl (C=O) groups is 1. The normalized spacial score (nSPS) is 16.4. The van der Waals surface area contributed by atoms with Crippen molar-refractivity contribution in [1.29, 1.82) is 0 Å². The Bertz CT molecular complexity index is 704. The molecule has 1 saturated carbocycles. The van der Waals surface area contributed by atoms with Crippen molar-refractivity contribution in [3.05, 3.63) is 53.9 Å². The van der Waals surface area contributed by atoms with Crippen LogP contribution in [-0.4, -0.2) is 15.5 Å². The second-order valence-corrected chi connectivity index (χ2v) is 7.34. The third kappa shape index (κ3) is 4.93. The molecule has 1 aliphatic rings. The van der Waals surface area contributed by atoms with E-state index < -0.39 is 0 Å². The van der Waals surface area contributed by atoms with Crippen LogP contribution in [0.15, 0.2) is 36.7 Å². The van der Waals surface area contributed by atoms with Crippen molar-refractivity contribution < 1.29 is 9.18 Å². The molecule has 1 amide bonds. The predicted molar refractivity (Wildman–Crippen MR) is 100 cm³/mol.